The lowest BCUT2D eigenvalue weighted by atomic mass is 10.2. The van der Waals surface area contributed by atoms with Gasteiger partial charge in [0.15, 0.2) is 0 Å². The zero-order valence-corrected chi connectivity index (χ0v) is 14.5. The van der Waals surface area contributed by atoms with E-state index >= 15 is 0 Å². The van der Waals surface area contributed by atoms with Gasteiger partial charge in [-0.05, 0) is 24.1 Å². The minimum absolute atomic E-state index is 0.0605. The number of rotatable bonds is 4. The summed E-state index contributed by atoms with van der Waals surface area (Å²) in [5.41, 5.74) is 1.14. The highest BCUT2D eigenvalue weighted by molar-refractivity contribution is 9.18. The Hall–Kier alpha value is -0.330. The predicted molar refractivity (Wildman–Crippen MR) is 88.4 cm³/mol. The number of nitrogens with zero attached hydrogens (tertiary/aromatic N) is 1. The predicted octanol–water partition coefficient (Wildman–Crippen LogP) is 3.69. The van der Waals surface area contributed by atoms with Crippen molar-refractivity contribution in [3.05, 3.63) is 33.8 Å². The largest absolute Gasteiger partial charge is 0.375 e. The molecule has 0 bridgehead atoms. The van der Waals surface area contributed by atoms with E-state index in [0.717, 1.165) is 31.6 Å². The molecule has 1 heterocycles. The van der Waals surface area contributed by atoms with E-state index in [-0.39, 0.29) is 10.9 Å². The van der Waals surface area contributed by atoms with Crippen LogP contribution in [0.2, 0.25) is 10.0 Å². The Morgan fingerprint density at radius 3 is 2.90 bits per heavy atom. The number of halogens is 3. The summed E-state index contributed by atoms with van der Waals surface area (Å²) in [4.78, 5) is 13.0. The van der Waals surface area contributed by atoms with Gasteiger partial charge in [-0.3, -0.25) is 9.69 Å². The molecule has 0 aromatic heterocycles. The molecule has 7 heteroatoms. The second-order valence-corrected chi connectivity index (χ2v) is 6.50. The number of hydrogen-bond acceptors (Lipinski definition) is 3. The molecule has 0 spiro atoms. The zero-order valence-electron chi connectivity index (χ0n) is 11.4. The van der Waals surface area contributed by atoms with Gasteiger partial charge in [-0.2, -0.15) is 0 Å². The second-order valence-electron chi connectivity index (χ2n) is 4.96. The number of benzene rings is 1. The maximum Gasteiger partial charge on any atom is 0.287 e. The van der Waals surface area contributed by atoms with E-state index in [1.54, 1.807) is 0 Å². The van der Waals surface area contributed by atoms with Crippen LogP contribution < -0.4 is 5.32 Å². The maximum absolute atomic E-state index is 10.9. The van der Waals surface area contributed by atoms with Gasteiger partial charge < -0.3 is 10.1 Å². The van der Waals surface area contributed by atoms with E-state index in [2.05, 4.69) is 26.1 Å². The lowest BCUT2D eigenvalue weighted by Gasteiger charge is -2.19. The highest BCUT2D eigenvalue weighted by Crippen LogP contribution is 2.23. The molecule has 1 fully saturated rings. The molecule has 2 rings (SSSR count). The molecule has 1 aromatic rings. The Morgan fingerprint density at radius 2 is 2.19 bits per heavy atom. The molecule has 1 amide bonds. The van der Waals surface area contributed by atoms with E-state index in [1.165, 1.54) is 0 Å². The molecule has 0 aliphatic carbocycles. The normalized spacial score (nSPS) is 20.0. The fraction of sp³-hybridized carbons (Fsp3) is 0.500. The number of hydrogen-bond donors (Lipinski definition) is 1. The fourth-order valence-corrected chi connectivity index (χ4v) is 2.76. The minimum Gasteiger partial charge on any atom is -0.375 e. The molecule has 1 atom stereocenters. The lowest BCUT2D eigenvalue weighted by molar-refractivity contribution is 0.0641. The Morgan fingerprint density at radius 1 is 1.38 bits per heavy atom. The van der Waals surface area contributed by atoms with Crippen molar-refractivity contribution < 1.29 is 9.53 Å². The Bertz CT molecular complexity index is 502. The molecule has 21 heavy (non-hydrogen) atoms. The molecule has 1 aromatic carbocycles. The van der Waals surface area contributed by atoms with Crippen LogP contribution in [0.1, 0.15) is 12.0 Å². The van der Waals surface area contributed by atoms with Gasteiger partial charge in [0.25, 0.3) is 4.82 Å². The van der Waals surface area contributed by atoms with E-state index < -0.39 is 0 Å². The number of nitrogens with one attached hydrogen (secondary N) is 1. The quantitative estimate of drug-likeness (QED) is 0.624. The highest BCUT2D eigenvalue weighted by atomic mass is 79.9. The van der Waals surface area contributed by atoms with Crippen molar-refractivity contribution in [1.29, 1.82) is 0 Å². The fourth-order valence-electron chi connectivity index (χ4n) is 2.28. The molecule has 1 aliphatic rings. The summed E-state index contributed by atoms with van der Waals surface area (Å²) in [6, 6.07) is 5.71. The molecule has 116 valence electrons. The van der Waals surface area contributed by atoms with Crippen LogP contribution in [0, 0.1) is 0 Å². The topological polar surface area (TPSA) is 41.6 Å². The van der Waals surface area contributed by atoms with Crippen molar-refractivity contribution in [3.63, 3.8) is 0 Å². The molecular weight excluding hydrogens is 379 g/mol. The van der Waals surface area contributed by atoms with Crippen molar-refractivity contribution >= 4 is 43.9 Å². The smallest absolute Gasteiger partial charge is 0.287 e. The summed E-state index contributed by atoms with van der Waals surface area (Å²) in [5, 5.41) is 3.88. The number of carbonyl (C=O) groups excluding carboxylic acids is 1. The number of amides is 1. The van der Waals surface area contributed by atoms with Crippen LogP contribution in [0.4, 0.5) is 4.79 Å². The number of ether oxygens (including phenoxy) is 1. The summed E-state index contributed by atoms with van der Waals surface area (Å²) < 4.78 is 5.74. The minimum atomic E-state index is -0.206. The van der Waals surface area contributed by atoms with Gasteiger partial charge in [0, 0.05) is 42.1 Å². The van der Waals surface area contributed by atoms with Crippen LogP contribution in [0.5, 0.6) is 0 Å². The Labute approximate surface area is 142 Å². The van der Waals surface area contributed by atoms with Crippen LogP contribution in [0.15, 0.2) is 18.2 Å². The molecular formula is C14H17BrCl2N2O2. The summed E-state index contributed by atoms with van der Waals surface area (Å²) in [6.45, 7) is 3.79. The first kappa shape index (κ1) is 17.0. The van der Waals surface area contributed by atoms with Crippen LogP contribution in [0.3, 0.4) is 0 Å². The average molecular weight is 396 g/mol. The lowest BCUT2D eigenvalue weighted by Crippen LogP contribution is -2.31. The van der Waals surface area contributed by atoms with Gasteiger partial charge in [0.2, 0.25) is 0 Å². The molecule has 0 radical (unpaired) electrons. The standard InChI is InChI=1S/C14H17BrCl2N2O2/c15-14(20)18-8-11-3-4-19(5-6-21-11)9-10-1-2-12(16)13(17)7-10/h1-2,7,11H,3-6,8-9H2,(H,18,20). The Balaban J connectivity index is 1.85. The van der Waals surface area contributed by atoms with Gasteiger partial charge >= 0.3 is 0 Å². The van der Waals surface area contributed by atoms with Crippen molar-refractivity contribution in [2.24, 2.45) is 0 Å². The summed E-state index contributed by atoms with van der Waals surface area (Å²) in [6.07, 6.45) is 0.944. The van der Waals surface area contributed by atoms with Gasteiger partial charge in [-0.15, -0.1) is 0 Å². The molecule has 1 aliphatic heterocycles. The van der Waals surface area contributed by atoms with Gasteiger partial charge in [0.1, 0.15) is 0 Å². The molecule has 1 unspecified atom stereocenters. The van der Waals surface area contributed by atoms with Crippen LogP contribution in [0.25, 0.3) is 0 Å². The van der Waals surface area contributed by atoms with Crippen molar-refractivity contribution in [2.75, 3.05) is 26.2 Å². The third kappa shape index (κ3) is 5.75. The first-order valence-corrected chi connectivity index (χ1v) is 8.30. The number of carbonyl (C=O) groups is 1. The van der Waals surface area contributed by atoms with E-state index in [1.807, 2.05) is 18.2 Å². The summed E-state index contributed by atoms with van der Waals surface area (Å²) in [7, 11) is 0. The highest BCUT2D eigenvalue weighted by Gasteiger charge is 2.18. The molecule has 1 saturated heterocycles. The maximum atomic E-state index is 10.9. The van der Waals surface area contributed by atoms with Crippen molar-refractivity contribution in [3.8, 4) is 0 Å². The van der Waals surface area contributed by atoms with Crippen molar-refractivity contribution in [2.45, 2.75) is 19.1 Å². The molecule has 1 N–H and O–H groups in total. The zero-order chi connectivity index (χ0) is 15.2. The molecule has 0 saturated carbocycles. The summed E-state index contributed by atoms with van der Waals surface area (Å²) >= 11 is 14.8. The SMILES string of the molecule is O=C(Br)NCC1CCN(Cc2ccc(Cl)c(Cl)c2)CCO1. The van der Waals surface area contributed by atoms with Gasteiger partial charge in [-0.25, -0.2) is 0 Å². The van der Waals surface area contributed by atoms with Crippen LogP contribution >= 0.6 is 39.1 Å². The Kier molecular flexibility index (Phi) is 6.76. The summed E-state index contributed by atoms with van der Waals surface area (Å²) in [5.74, 6) is 0. The third-order valence-corrected chi connectivity index (χ3v) is 4.41. The first-order valence-electron chi connectivity index (χ1n) is 6.76. The van der Waals surface area contributed by atoms with E-state index in [4.69, 9.17) is 27.9 Å². The van der Waals surface area contributed by atoms with Crippen molar-refractivity contribution in [1.82, 2.24) is 10.2 Å². The van der Waals surface area contributed by atoms with E-state index in [9.17, 15) is 4.79 Å². The van der Waals surface area contributed by atoms with Crippen LogP contribution in [-0.2, 0) is 11.3 Å². The second kappa shape index (κ2) is 8.34. The van der Waals surface area contributed by atoms with Crippen LogP contribution in [-0.4, -0.2) is 42.1 Å². The third-order valence-electron chi connectivity index (χ3n) is 3.39. The first-order chi connectivity index (χ1) is 10.0. The monoisotopic (exact) mass is 394 g/mol. The molecule has 4 nitrogen and oxygen atoms in total. The average Bonchev–Trinajstić information content (AvgIpc) is 2.66. The van der Waals surface area contributed by atoms with E-state index in [0.29, 0.717) is 23.2 Å². The van der Waals surface area contributed by atoms with Gasteiger partial charge in [0.05, 0.1) is 22.8 Å². The van der Waals surface area contributed by atoms with Gasteiger partial charge in [-0.1, -0.05) is 29.3 Å².